The maximum atomic E-state index is 14.2. The summed E-state index contributed by atoms with van der Waals surface area (Å²) in [6, 6.07) is 6.50. The summed E-state index contributed by atoms with van der Waals surface area (Å²) in [5, 5.41) is 3.35. The molecule has 1 fully saturated rings. The predicted molar refractivity (Wildman–Crippen MR) is 140 cm³/mol. The van der Waals surface area contributed by atoms with Crippen molar-refractivity contribution in [2.45, 2.75) is 40.7 Å². The summed E-state index contributed by atoms with van der Waals surface area (Å²) in [6.45, 7) is 2.75. The molecule has 3 aliphatic heterocycles. The normalized spacial score (nSPS) is 30.3. The molecule has 1 spiro atoms. The van der Waals surface area contributed by atoms with E-state index in [1.807, 2.05) is 13.0 Å². The topological polar surface area (TPSA) is 107 Å². The first-order valence-corrected chi connectivity index (χ1v) is 14.6. The number of aliphatic imine (C=N–C) groups is 1. The molecule has 2 aliphatic carbocycles. The van der Waals surface area contributed by atoms with Gasteiger partial charge in [-0.05, 0) is 43.5 Å². The highest BCUT2D eigenvalue weighted by atomic mass is 127. The van der Waals surface area contributed by atoms with Crippen molar-refractivity contribution in [1.29, 1.82) is 0 Å². The number of carbonyl (C=O) groups is 2. The second kappa shape index (κ2) is 7.48. The lowest BCUT2D eigenvalue weighted by atomic mass is 9.60. The number of nitrogens with one attached hydrogen (secondary N) is 1. The van der Waals surface area contributed by atoms with Crippen molar-refractivity contribution in [1.82, 2.24) is 9.29 Å². The maximum absolute atomic E-state index is 14.2. The Morgan fingerprint density at radius 2 is 2.00 bits per heavy atom. The van der Waals surface area contributed by atoms with E-state index >= 15 is 0 Å². The Hall–Kier alpha value is -2.57. The highest BCUT2D eigenvalue weighted by Gasteiger charge is 2.59. The highest BCUT2D eigenvalue weighted by molar-refractivity contribution is 14.1. The Morgan fingerprint density at radius 1 is 1.22 bits per heavy atom. The Bertz CT molecular complexity index is 1580. The number of carbonyl (C=O) groups excluding carboxylic acids is 2. The quantitative estimate of drug-likeness (QED) is 0.412. The van der Waals surface area contributed by atoms with Crippen molar-refractivity contribution >= 4 is 49.9 Å². The standard InChI is InChI=1S/C26H22IN3O5S/c1-13-2-4-16(5-3-13)36(33,34)30-11-14-7-9-28-21-18(14)23(30)24(32)22-19(21)26-8-6-17(31)20(27)25(26)35-12-15(10-26)29-22/h2-6,8,11,15,20,25,29H,7,9-10,12H2,1H3/t15-,20-,25-,26-/m0/s1. The second-order valence-electron chi connectivity index (χ2n) is 10.0. The number of aromatic nitrogens is 1. The van der Waals surface area contributed by atoms with Crippen LogP contribution in [-0.2, 0) is 26.0 Å². The van der Waals surface area contributed by atoms with E-state index in [-0.39, 0.29) is 32.1 Å². The lowest BCUT2D eigenvalue weighted by Crippen LogP contribution is -2.62. The van der Waals surface area contributed by atoms with E-state index in [9.17, 15) is 18.0 Å². The third-order valence-electron chi connectivity index (χ3n) is 7.91. The van der Waals surface area contributed by atoms with E-state index in [1.54, 1.807) is 36.5 Å². The van der Waals surface area contributed by atoms with Crippen molar-refractivity contribution in [2.75, 3.05) is 13.2 Å². The van der Waals surface area contributed by atoms with Crippen molar-refractivity contribution in [3.05, 3.63) is 76.3 Å². The lowest BCUT2D eigenvalue weighted by Gasteiger charge is -2.54. The number of Topliss-reactive ketones (excluding diaryl/α,β-unsaturated/α-hetero) is 1. The van der Waals surface area contributed by atoms with Crippen LogP contribution in [0.15, 0.2) is 63.8 Å². The molecule has 4 atom stereocenters. The Labute approximate surface area is 221 Å². The van der Waals surface area contributed by atoms with Crippen LogP contribution in [0.25, 0.3) is 0 Å². The summed E-state index contributed by atoms with van der Waals surface area (Å²) < 4.78 is 34.5. The molecule has 7 rings (SSSR count). The smallest absolute Gasteiger partial charge is 0.268 e. The highest BCUT2D eigenvalue weighted by Crippen LogP contribution is 2.54. The number of ketones is 2. The minimum absolute atomic E-state index is 0.00482. The van der Waals surface area contributed by atoms with Crippen LogP contribution in [0.5, 0.6) is 0 Å². The summed E-state index contributed by atoms with van der Waals surface area (Å²) in [4.78, 5) is 31.7. The summed E-state index contributed by atoms with van der Waals surface area (Å²) in [6.07, 6.45) is 5.90. The number of ether oxygens (including phenoxy) is 1. The average Bonchev–Trinajstić information content (AvgIpc) is 3.27. The number of hydrogen-bond acceptors (Lipinski definition) is 7. The van der Waals surface area contributed by atoms with Crippen LogP contribution < -0.4 is 5.32 Å². The zero-order chi connectivity index (χ0) is 25.0. The van der Waals surface area contributed by atoms with E-state index in [0.29, 0.717) is 43.0 Å². The predicted octanol–water partition coefficient (Wildman–Crippen LogP) is 2.52. The number of nitrogens with zero attached hydrogens (tertiary/aromatic N) is 2. The van der Waals surface area contributed by atoms with Crippen molar-refractivity contribution in [3.8, 4) is 0 Å². The molecule has 2 aromatic rings. The van der Waals surface area contributed by atoms with Gasteiger partial charge in [0.1, 0.15) is 9.62 Å². The van der Waals surface area contributed by atoms with Gasteiger partial charge in [-0.1, -0.05) is 46.4 Å². The first kappa shape index (κ1) is 22.6. The molecule has 5 aliphatic rings. The minimum Gasteiger partial charge on any atom is -0.376 e. The number of rotatable bonds is 2. The fourth-order valence-corrected chi connectivity index (χ4v) is 8.73. The van der Waals surface area contributed by atoms with Crippen molar-refractivity contribution in [3.63, 3.8) is 0 Å². The third kappa shape index (κ3) is 2.83. The third-order valence-corrected chi connectivity index (χ3v) is 10.9. The van der Waals surface area contributed by atoms with Gasteiger partial charge in [0.15, 0.2) is 5.78 Å². The molecule has 10 heteroatoms. The van der Waals surface area contributed by atoms with E-state index in [0.717, 1.165) is 20.7 Å². The number of hydrogen-bond donors (Lipinski definition) is 1. The zero-order valence-electron chi connectivity index (χ0n) is 19.3. The van der Waals surface area contributed by atoms with Gasteiger partial charge in [0.05, 0.1) is 35.1 Å². The van der Waals surface area contributed by atoms with E-state index in [2.05, 4.69) is 27.9 Å². The molecule has 2 bridgehead atoms. The zero-order valence-corrected chi connectivity index (χ0v) is 22.3. The average molecular weight is 615 g/mol. The van der Waals surface area contributed by atoms with E-state index in [1.165, 1.54) is 0 Å². The van der Waals surface area contributed by atoms with Gasteiger partial charge >= 0.3 is 0 Å². The van der Waals surface area contributed by atoms with Gasteiger partial charge in [0, 0.05) is 29.3 Å². The molecule has 0 amide bonds. The second-order valence-corrected chi connectivity index (χ2v) is 13.2. The monoisotopic (exact) mass is 615 g/mol. The van der Waals surface area contributed by atoms with Gasteiger partial charge in [0.2, 0.25) is 5.78 Å². The van der Waals surface area contributed by atoms with Crippen LogP contribution >= 0.6 is 22.6 Å². The number of halogens is 1. The van der Waals surface area contributed by atoms with Crippen molar-refractivity contribution in [2.24, 2.45) is 10.4 Å². The molecule has 4 heterocycles. The SMILES string of the molecule is Cc1ccc(S(=O)(=O)n2cc3c4c2C(=O)C2=C(C4=NCC3)[C@@]34C=CC(=O)[C@H](I)[C@@H]3OC[C@H](C4)N2)cc1. The van der Waals surface area contributed by atoms with Crippen LogP contribution in [0.4, 0.5) is 0 Å². The number of fused-ring (bicyclic) bond motifs is 2. The van der Waals surface area contributed by atoms with Crippen LogP contribution in [0.1, 0.15) is 33.6 Å². The molecule has 36 heavy (non-hydrogen) atoms. The summed E-state index contributed by atoms with van der Waals surface area (Å²) >= 11 is 2.14. The van der Waals surface area contributed by atoms with Crippen LogP contribution in [0, 0.1) is 12.3 Å². The molecule has 8 nitrogen and oxygen atoms in total. The van der Waals surface area contributed by atoms with Crippen LogP contribution in [0.2, 0.25) is 0 Å². The largest absolute Gasteiger partial charge is 0.376 e. The van der Waals surface area contributed by atoms with Crippen molar-refractivity contribution < 1.29 is 22.7 Å². The molecular formula is C26H22IN3O5S. The van der Waals surface area contributed by atoms with Gasteiger partial charge < -0.3 is 10.1 Å². The summed E-state index contributed by atoms with van der Waals surface area (Å²) in [5.74, 6) is -0.363. The first-order chi connectivity index (χ1) is 17.2. The lowest BCUT2D eigenvalue weighted by molar-refractivity contribution is -0.123. The van der Waals surface area contributed by atoms with Gasteiger partial charge in [-0.15, -0.1) is 0 Å². The Balaban J connectivity index is 1.47. The molecule has 1 aromatic carbocycles. The van der Waals surface area contributed by atoms with E-state index < -0.39 is 21.5 Å². The number of benzene rings is 1. The fourth-order valence-electron chi connectivity index (χ4n) is 6.28. The minimum atomic E-state index is -4.01. The molecule has 0 saturated carbocycles. The van der Waals surface area contributed by atoms with Crippen LogP contribution in [-0.4, -0.2) is 58.9 Å². The molecule has 0 unspecified atom stereocenters. The van der Waals surface area contributed by atoms with E-state index in [4.69, 9.17) is 9.73 Å². The van der Waals surface area contributed by atoms with Gasteiger partial charge in [0.25, 0.3) is 10.0 Å². The van der Waals surface area contributed by atoms with Crippen LogP contribution in [0.3, 0.4) is 0 Å². The fraction of sp³-hybridized carbons (Fsp3) is 0.346. The molecule has 1 aromatic heterocycles. The molecule has 0 radical (unpaired) electrons. The number of aryl methyl sites for hydroxylation is 1. The van der Waals surface area contributed by atoms with Gasteiger partial charge in [-0.25, -0.2) is 12.4 Å². The van der Waals surface area contributed by atoms with Gasteiger partial charge in [-0.2, -0.15) is 0 Å². The molecule has 184 valence electrons. The Morgan fingerprint density at radius 3 is 2.78 bits per heavy atom. The molecule has 1 N–H and O–H groups in total. The first-order valence-electron chi connectivity index (χ1n) is 11.9. The molecule has 1 saturated heterocycles. The van der Waals surface area contributed by atoms with Gasteiger partial charge in [-0.3, -0.25) is 14.6 Å². The Kier molecular flexibility index (Phi) is 4.70. The molecular weight excluding hydrogens is 593 g/mol. The number of allylic oxidation sites excluding steroid dienone is 2. The summed E-state index contributed by atoms with van der Waals surface area (Å²) in [7, 11) is -4.01. The summed E-state index contributed by atoms with van der Waals surface area (Å²) in [5.41, 5.74) is 3.53. The number of alkyl halides is 1. The maximum Gasteiger partial charge on any atom is 0.268 e.